The molecule has 4 heteroatoms. The standard InChI is InChI=1S/C12H22O4/c1-3-7-10(13)8-5-6-9-12(15)16-11(14)4-2/h4,10,12-13,15H,2-3,5-9H2,1H3. The molecular formula is C12H22O4. The number of unbranched alkanes of at least 4 members (excludes halogenated alkanes) is 1. The quantitative estimate of drug-likeness (QED) is 0.274. The predicted molar refractivity (Wildman–Crippen MR) is 61.7 cm³/mol. The summed E-state index contributed by atoms with van der Waals surface area (Å²) in [4.78, 5) is 10.7. The molecule has 16 heavy (non-hydrogen) atoms. The molecule has 0 spiro atoms. The number of hydrogen-bond donors (Lipinski definition) is 2. The number of aliphatic hydroxyl groups excluding tert-OH is 2. The van der Waals surface area contributed by atoms with Crippen molar-refractivity contribution in [3.63, 3.8) is 0 Å². The second kappa shape index (κ2) is 9.36. The van der Waals surface area contributed by atoms with Crippen LogP contribution in [0.15, 0.2) is 12.7 Å². The number of rotatable bonds is 9. The first kappa shape index (κ1) is 15.1. The van der Waals surface area contributed by atoms with Gasteiger partial charge in [-0.2, -0.15) is 0 Å². The molecule has 0 aromatic heterocycles. The topological polar surface area (TPSA) is 66.8 Å². The van der Waals surface area contributed by atoms with Crippen molar-refractivity contribution in [2.75, 3.05) is 0 Å². The number of esters is 1. The summed E-state index contributed by atoms with van der Waals surface area (Å²) in [5.74, 6) is -0.612. The van der Waals surface area contributed by atoms with E-state index in [2.05, 4.69) is 11.3 Å². The highest BCUT2D eigenvalue weighted by Gasteiger charge is 2.08. The second-order valence-electron chi connectivity index (χ2n) is 3.82. The lowest BCUT2D eigenvalue weighted by Gasteiger charge is -2.11. The van der Waals surface area contributed by atoms with E-state index in [-0.39, 0.29) is 6.10 Å². The number of carbonyl (C=O) groups excluding carboxylic acids is 1. The summed E-state index contributed by atoms with van der Waals surface area (Å²) in [6.45, 7) is 5.26. The zero-order valence-corrected chi connectivity index (χ0v) is 9.89. The summed E-state index contributed by atoms with van der Waals surface area (Å²) in [6, 6.07) is 0. The van der Waals surface area contributed by atoms with Crippen molar-refractivity contribution in [1.82, 2.24) is 0 Å². The van der Waals surface area contributed by atoms with Crippen LogP contribution >= 0.6 is 0 Å². The fourth-order valence-corrected chi connectivity index (χ4v) is 1.42. The zero-order chi connectivity index (χ0) is 12.4. The molecule has 0 bridgehead atoms. The van der Waals surface area contributed by atoms with Crippen molar-refractivity contribution in [3.8, 4) is 0 Å². The fraction of sp³-hybridized carbons (Fsp3) is 0.750. The molecule has 0 saturated heterocycles. The molecule has 0 aliphatic carbocycles. The largest absolute Gasteiger partial charge is 0.433 e. The molecule has 0 fully saturated rings. The van der Waals surface area contributed by atoms with Crippen molar-refractivity contribution >= 4 is 5.97 Å². The molecule has 0 aliphatic heterocycles. The van der Waals surface area contributed by atoms with Crippen LogP contribution in [0.2, 0.25) is 0 Å². The maximum Gasteiger partial charge on any atom is 0.332 e. The Kier molecular flexibility index (Phi) is 8.85. The SMILES string of the molecule is C=CC(=O)OC(O)CCCCC(O)CCC. The van der Waals surface area contributed by atoms with E-state index in [9.17, 15) is 15.0 Å². The molecule has 0 amide bonds. The maximum atomic E-state index is 10.7. The highest BCUT2D eigenvalue weighted by Crippen LogP contribution is 2.10. The summed E-state index contributed by atoms with van der Waals surface area (Å²) < 4.78 is 4.59. The van der Waals surface area contributed by atoms with Gasteiger partial charge in [0, 0.05) is 12.5 Å². The summed E-state index contributed by atoms with van der Waals surface area (Å²) in [7, 11) is 0. The smallest absolute Gasteiger partial charge is 0.332 e. The fourth-order valence-electron chi connectivity index (χ4n) is 1.42. The van der Waals surface area contributed by atoms with Gasteiger partial charge in [-0.05, 0) is 19.3 Å². The minimum Gasteiger partial charge on any atom is -0.433 e. The average Bonchev–Trinajstić information content (AvgIpc) is 2.24. The average molecular weight is 230 g/mol. The van der Waals surface area contributed by atoms with Crippen molar-refractivity contribution in [3.05, 3.63) is 12.7 Å². The number of ether oxygens (including phenoxy) is 1. The molecule has 0 heterocycles. The second-order valence-corrected chi connectivity index (χ2v) is 3.82. The van der Waals surface area contributed by atoms with E-state index in [0.29, 0.717) is 6.42 Å². The van der Waals surface area contributed by atoms with Gasteiger partial charge in [0.2, 0.25) is 6.29 Å². The van der Waals surface area contributed by atoms with Crippen LogP contribution < -0.4 is 0 Å². The van der Waals surface area contributed by atoms with Crippen LogP contribution in [0.1, 0.15) is 45.4 Å². The predicted octanol–water partition coefficient (Wildman–Crippen LogP) is 1.76. The van der Waals surface area contributed by atoms with Crippen LogP contribution in [0.5, 0.6) is 0 Å². The van der Waals surface area contributed by atoms with Crippen LogP contribution in [-0.4, -0.2) is 28.6 Å². The Morgan fingerprint density at radius 2 is 1.94 bits per heavy atom. The van der Waals surface area contributed by atoms with E-state index >= 15 is 0 Å². The van der Waals surface area contributed by atoms with Gasteiger partial charge >= 0.3 is 5.97 Å². The van der Waals surface area contributed by atoms with Gasteiger partial charge in [-0.3, -0.25) is 0 Å². The van der Waals surface area contributed by atoms with Gasteiger partial charge in [-0.15, -0.1) is 0 Å². The highest BCUT2D eigenvalue weighted by atomic mass is 16.6. The van der Waals surface area contributed by atoms with Gasteiger partial charge in [0.15, 0.2) is 0 Å². The third-order valence-corrected chi connectivity index (χ3v) is 2.28. The van der Waals surface area contributed by atoms with E-state index < -0.39 is 12.3 Å². The third-order valence-electron chi connectivity index (χ3n) is 2.28. The van der Waals surface area contributed by atoms with Gasteiger partial charge < -0.3 is 14.9 Å². The maximum absolute atomic E-state index is 10.7. The molecule has 2 unspecified atom stereocenters. The van der Waals surface area contributed by atoms with Crippen LogP contribution in [0.3, 0.4) is 0 Å². The molecule has 4 nitrogen and oxygen atoms in total. The number of aliphatic hydroxyl groups is 2. The highest BCUT2D eigenvalue weighted by molar-refractivity contribution is 5.81. The molecule has 0 rings (SSSR count). The van der Waals surface area contributed by atoms with Crippen molar-refractivity contribution < 1.29 is 19.7 Å². The Morgan fingerprint density at radius 3 is 2.50 bits per heavy atom. The van der Waals surface area contributed by atoms with E-state index in [0.717, 1.165) is 38.2 Å². The van der Waals surface area contributed by atoms with E-state index in [4.69, 9.17) is 0 Å². The van der Waals surface area contributed by atoms with E-state index in [1.54, 1.807) is 0 Å². The van der Waals surface area contributed by atoms with Crippen LogP contribution in [0.4, 0.5) is 0 Å². The van der Waals surface area contributed by atoms with Gasteiger partial charge in [0.05, 0.1) is 6.10 Å². The van der Waals surface area contributed by atoms with E-state index in [1.165, 1.54) is 0 Å². The Hall–Kier alpha value is -0.870. The van der Waals surface area contributed by atoms with Gasteiger partial charge in [0.1, 0.15) is 0 Å². The molecular weight excluding hydrogens is 208 g/mol. The number of hydrogen-bond acceptors (Lipinski definition) is 4. The zero-order valence-electron chi connectivity index (χ0n) is 9.89. The molecule has 94 valence electrons. The van der Waals surface area contributed by atoms with Crippen LogP contribution in [0.25, 0.3) is 0 Å². The summed E-state index contributed by atoms with van der Waals surface area (Å²) in [5.41, 5.74) is 0. The Morgan fingerprint density at radius 1 is 1.31 bits per heavy atom. The normalized spacial score (nSPS) is 14.2. The van der Waals surface area contributed by atoms with Crippen LogP contribution in [-0.2, 0) is 9.53 Å². The molecule has 0 saturated carbocycles. The lowest BCUT2D eigenvalue weighted by molar-refractivity contribution is -0.162. The van der Waals surface area contributed by atoms with Crippen molar-refractivity contribution in [1.29, 1.82) is 0 Å². The van der Waals surface area contributed by atoms with Crippen molar-refractivity contribution in [2.24, 2.45) is 0 Å². The van der Waals surface area contributed by atoms with Crippen LogP contribution in [0, 0.1) is 0 Å². The summed E-state index contributed by atoms with van der Waals surface area (Å²) in [6.07, 6.45) is 4.18. The van der Waals surface area contributed by atoms with Gasteiger partial charge in [-0.1, -0.05) is 26.3 Å². The Bertz CT molecular complexity index is 203. The minimum atomic E-state index is -1.06. The third kappa shape index (κ3) is 8.44. The van der Waals surface area contributed by atoms with Crippen molar-refractivity contribution in [2.45, 2.75) is 57.8 Å². The molecule has 2 atom stereocenters. The number of carbonyl (C=O) groups is 1. The lowest BCUT2D eigenvalue weighted by atomic mass is 10.1. The molecule has 2 N–H and O–H groups in total. The van der Waals surface area contributed by atoms with E-state index in [1.807, 2.05) is 6.92 Å². The minimum absolute atomic E-state index is 0.252. The van der Waals surface area contributed by atoms with Gasteiger partial charge in [-0.25, -0.2) is 4.79 Å². The first-order chi connectivity index (χ1) is 7.60. The first-order valence-corrected chi connectivity index (χ1v) is 5.79. The monoisotopic (exact) mass is 230 g/mol. The van der Waals surface area contributed by atoms with Gasteiger partial charge in [0.25, 0.3) is 0 Å². The Labute approximate surface area is 96.9 Å². The lowest BCUT2D eigenvalue weighted by Crippen LogP contribution is -2.16. The summed E-state index contributed by atoms with van der Waals surface area (Å²) in [5, 5.41) is 18.7. The first-order valence-electron chi connectivity index (χ1n) is 5.79. The summed E-state index contributed by atoms with van der Waals surface area (Å²) >= 11 is 0. The molecule has 0 aromatic carbocycles. The molecule has 0 radical (unpaired) electrons. The molecule has 0 aliphatic rings. The Balaban J connectivity index is 3.43. The molecule has 0 aromatic rings.